The van der Waals surface area contributed by atoms with Crippen molar-refractivity contribution in [2.45, 2.75) is 33.2 Å². The maximum atomic E-state index is 12.3. The van der Waals surface area contributed by atoms with Gasteiger partial charge in [-0.25, -0.2) is 9.67 Å². The van der Waals surface area contributed by atoms with Crippen molar-refractivity contribution in [3.05, 3.63) is 47.2 Å². The third kappa shape index (κ3) is 3.98. The average molecular weight is 407 g/mol. The fourth-order valence-electron chi connectivity index (χ4n) is 3.75. The molecule has 8 nitrogen and oxygen atoms in total. The van der Waals surface area contributed by atoms with Crippen LogP contribution in [0.4, 0.5) is 5.69 Å². The molecule has 0 atom stereocenters. The Kier molecular flexibility index (Phi) is 5.39. The number of anilines is 1. The first kappa shape index (κ1) is 19.9. The molecule has 3 aromatic rings. The standard InChI is InChI=1S/C22H25N5O3/c1-14-11-15(2)24-21-20(14)22(25-26(21)3)30-13-18(28)23-12-16-6-8-17(9-7-16)27-10-4-5-19(27)29/h6-9,11H,4-5,10,12-13H2,1-3H3,(H,23,28). The molecule has 1 fully saturated rings. The van der Waals surface area contributed by atoms with Gasteiger partial charge in [0.2, 0.25) is 11.8 Å². The van der Waals surface area contributed by atoms with Gasteiger partial charge in [0.15, 0.2) is 12.3 Å². The molecule has 156 valence electrons. The number of ether oxygens (including phenoxy) is 1. The molecule has 1 aliphatic rings. The predicted octanol–water partition coefficient (Wildman–Crippen LogP) is 2.41. The van der Waals surface area contributed by atoms with Gasteiger partial charge in [0.25, 0.3) is 5.91 Å². The van der Waals surface area contributed by atoms with Crippen LogP contribution in [0.15, 0.2) is 30.3 Å². The number of rotatable bonds is 6. The van der Waals surface area contributed by atoms with Crippen molar-refractivity contribution in [2.75, 3.05) is 18.1 Å². The number of hydrogen-bond acceptors (Lipinski definition) is 5. The van der Waals surface area contributed by atoms with Crippen molar-refractivity contribution >= 4 is 28.5 Å². The second-order valence-electron chi connectivity index (χ2n) is 7.59. The molecule has 0 spiro atoms. The van der Waals surface area contributed by atoms with E-state index < -0.39 is 0 Å². The lowest BCUT2D eigenvalue weighted by molar-refractivity contribution is -0.123. The largest absolute Gasteiger partial charge is 0.466 e. The Morgan fingerprint density at radius 1 is 1.23 bits per heavy atom. The molecule has 0 bridgehead atoms. The number of amides is 2. The number of benzene rings is 1. The first-order chi connectivity index (χ1) is 14.4. The number of fused-ring (bicyclic) bond motifs is 1. The van der Waals surface area contributed by atoms with Crippen LogP contribution in [0.3, 0.4) is 0 Å². The third-order valence-electron chi connectivity index (χ3n) is 5.24. The van der Waals surface area contributed by atoms with E-state index in [9.17, 15) is 9.59 Å². The molecule has 3 heterocycles. The summed E-state index contributed by atoms with van der Waals surface area (Å²) in [4.78, 5) is 30.4. The Morgan fingerprint density at radius 3 is 2.70 bits per heavy atom. The zero-order chi connectivity index (χ0) is 21.3. The molecule has 0 radical (unpaired) electrons. The fourth-order valence-corrected chi connectivity index (χ4v) is 3.75. The first-order valence-corrected chi connectivity index (χ1v) is 10.0. The van der Waals surface area contributed by atoms with Gasteiger partial charge in [0.05, 0.1) is 5.39 Å². The van der Waals surface area contributed by atoms with Crippen LogP contribution >= 0.6 is 0 Å². The van der Waals surface area contributed by atoms with E-state index >= 15 is 0 Å². The number of pyridine rings is 1. The highest BCUT2D eigenvalue weighted by molar-refractivity contribution is 5.95. The molecule has 0 saturated carbocycles. The van der Waals surface area contributed by atoms with Crippen LogP contribution in [0.1, 0.15) is 29.7 Å². The fraction of sp³-hybridized carbons (Fsp3) is 0.364. The Bertz CT molecular complexity index is 1100. The highest BCUT2D eigenvalue weighted by Crippen LogP contribution is 2.27. The number of aryl methyl sites for hydroxylation is 3. The third-order valence-corrected chi connectivity index (χ3v) is 5.24. The monoisotopic (exact) mass is 407 g/mol. The van der Waals surface area contributed by atoms with E-state index in [1.54, 1.807) is 16.6 Å². The molecule has 1 aliphatic heterocycles. The van der Waals surface area contributed by atoms with Crippen LogP contribution in [0.5, 0.6) is 5.88 Å². The molecule has 8 heteroatoms. The number of nitrogens with one attached hydrogen (secondary N) is 1. The lowest BCUT2D eigenvalue weighted by atomic mass is 10.2. The maximum absolute atomic E-state index is 12.3. The molecular formula is C22H25N5O3. The molecule has 0 aliphatic carbocycles. The van der Waals surface area contributed by atoms with E-state index in [0.29, 0.717) is 18.8 Å². The summed E-state index contributed by atoms with van der Waals surface area (Å²) in [5.74, 6) is 0.341. The number of nitrogens with zero attached hydrogens (tertiary/aromatic N) is 4. The lowest BCUT2D eigenvalue weighted by Crippen LogP contribution is -2.28. The van der Waals surface area contributed by atoms with E-state index in [4.69, 9.17) is 4.74 Å². The number of aromatic nitrogens is 3. The van der Waals surface area contributed by atoms with Crippen LogP contribution in [-0.4, -0.2) is 39.7 Å². The van der Waals surface area contributed by atoms with Crippen LogP contribution in [0.25, 0.3) is 11.0 Å². The van der Waals surface area contributed by atoms with Gasteiger partial charge >= 0.3 is 0 Å². The molecule has 2 aromatic heterocycles. The van der Waals surface area contributed by atoms with Gasteiger partial charge in [-0.1, -0.05) is 12.1 Å². The van der Waals surface area contributed by atoms with Gasteiger partial charge in [-0.05, 0) is 49.6 Å². The number of hydrogen-bond donors (Lipinski definition) is 1. The van der Waals surface area contributed by atoms with Crippen LogP contribution in [0, 0.1) is 13.8 Å². The van der Waals surface area contributed by atoms with Gasteiger partial charge in [-0.15, -0.1) is 5.10 Å². The molecule has 1 aromatic carbocycles. The quantitative estimate of drug-likeness (QED) is 0.678. The Morgan fingerprint density at radius 2 is 2.00 bits per heavy atom. The highest BCUT2D eigenvalue weighted by Gasteiger charge is 2.21. The smallest absolute Gasteiger partial charge is 0.258 e. The van der Waals surface area contributed by atoms with E-state index in [0.717, 1.165) is 46.5 Å². The highest BCUT2D eigenvalue weighted by atomic mass is 16.5. The molecule has 30 heavy (non-hydrogen) atoms. The van der Waals surface area contributed by atoms with Crippen molar-refractivity contribution in [1.82, 2.24) is 20.1 Å². The van der Waals surface area contributed by atoms with Gasteiger partial charge < -0.3 is 15.0 Å². The van der Waals surface area contributed by atoms with Gasteiger partial charge in [-0.2, -0.15) is 0 Å². The summed E-state index contributed by atoms with van der Waals surface area (Å²) in [5.41, 5.74) is 4.51. The second kappa shape index (κ2) is 8.14. The van der Waals surface area contributed by atoms with Crippen LogP contribution in [0.2, 0.25) is 0 Å². The zero-order valence-electron chi connectivity index (χ0n) is 17.4. The van der Waals surface area contributed by atoms with Crippen molar-refractivity contribution in [2.24, 2.45) is 7.05 Å². The van der Waals surface area contributed by atoms with Crippen LogP contribution < -0.4 is 15.0 Å². The molecule has 4 rings (SSSR count). The summed E-state index contributed by atoms with van der Waals surface area (Å²) < 4.78 is 7.34. The molecule has 2 amide bonds. The summed E-state index contributed by atoms with van der Waals surface area (Å²) >= 11 is 0. The molecule has 1 N–H and O–H groups in total. The first-order valence-electron chi connectivity index (χ1n) is 10.0. The van der Waals surface area contributed by atoms with Crippen molar-refractivity contribution in [3.63, 3.8) is 0 Å². The Labute approximate surface area is 174 Å². The topological polar surface area (TPSA) is 89.4 Å². The summed E-state index contributed by atoms with van der Waals surface area (Å²) in [7, 11) is 1.81. The minimum Gasteiger partial charge on any atom is -0.466 e. The number of carbonyl (C=O) groups excluding carboxylic acids is 2. The Balaban J connectivity index is 1.33. The summed E-state index contributed by atoms with van der Waals surface area (Å²) in [6.07, 6.45) is 1.51. The van der Waals surface area contributed by atoms with E-state index in [2.05, 4.69) is 15.4 Å². The van der Waals surface area contributed by atoms with Gasteiger partial charge in [0, 0.05) is 37.9 Å². The number of carbonyl (C=O) groups is 2. The maximum Gasteiger partial charge on any atom is 0.258 e. The lowest BCUT2D eigenvalue weighted by Gasteiger charge is -2.16. The molecule has 1 saturated heterocycles. The average Bonchev–Trinajstić information content (AvgIpc) is 3.28. The second-order valence-corrected chi connectivity index (χ2v) is 7.59. The predicted molar refractivity (Wildman–Crippen MR) is 113 cm³/mol. The molecule has 0 unspecified atom stereocenters. The van der Waals surface area contributed by atoms with E-state index in [1.165, 1.54) is 0 Å². The molecular weight excluding hydrogens is 382 g/mol. The van der Waals surface area contributed by atoms with Crippen molar-refractivity contribution < 1.29 is 14.3 Å². The van der Waals surface area contributed by atoms with E-state index in [1.807, 2.05) is 44.2 Å². The SMILES string of the molecule is Cc1cc(C)c2c(OCC(=O)NCc3ccc(N4CCCC4=O)cc3)nn(C)c2n1. The summed E-state index contributed by atoms with van der Waals surface area (Å²) in [5, 5.41) is 8.03. The minimum absolute atomic E-state index is 0.125. The van der Waals surface area contributed by atoms with Gasteiger partial charge in [-0.3, -0.25) is 9.59 Å². The zero-order valence-corrected chi connectivity index (χ0v) is 17.4. The Hall–Kier alpha value is -3.42. The minimum atomic E-state index is -0.231. The van der Waals surface area contributed by atoms with E-state index in [-0.39, 0.29) is 18.4 Å². The summed E-state index contributed by atoms with van der Waals surface area (Å²) in [6, 6.07) is 9.64. The van der Waals surface area contributed by atoms with Crippen LogP contribution in [-0.2, 0) is 23.2 Å². The van der Waals surface area contributed by atoms with Crippen molar-refractivity contribution in [3.8, 4) is 5.88 Å². The normalized spacial score (nSPS) is 13.8. The van der Waals surface area contributed by atoms with Crippen molar-refractivity contribution in [1.29, 1.82) is 0 Å². The van der Waals surface area contributed by atoms with Gasteiger partial charge in [0.1, 0.15) is 0 Å². The summed E-state index contributed by atoms with van der Waals surface area (Å²) in [6.45, 7) is 4.94.